The van der Waals surface area contributed by atoms with Crippen LogP contribution in [0.5, 0.6) is 5.75 Å². The molecule has 0 unspecified atom stereocenters. The zero-order valence-corrected chi connectivity index (χ0v) is 12.1. The predicted molar refractivity (Wildman–Crippen MR) is 78.6 cm³/mol. The summed E-state index contributed by atoms with van der Waals surface area (Å²) in [5.41, 5.74) is 10.9. The monoisotopic (exact) mass is 271 g/mol. The van der Waals surface area contributed by atoms with Crippen molar-refractivity contribution in [3.63, 3.8) is 0 Å². The molecule has 20 heavy (non-hydrogen) atoms. The first-order valence-corrected chi connectivity index (χ1v) is 7.14. The minimum absolute atomic E-state index is 0.154. The topological polar surface area (TPSA) is 53.1 Å². The molecular weight excluding hydrogens is 250 g/mol. The molecule has 2 N–H and O–H groups in total. The van der Waals surface area contributed by atoms with Crippen LogP contribution in [-0.2, 0) is 20.1 Å². The summed E-state index contributed by atoms with van der Waals surface area (Å²) in [6.45, 7) is 2.52. The Balaban J connectivity index is 1.75. The van der Waals surface area contributed by atoms with Crippen LogP contribution in [0.4, 0.5) is 0 Å². The van der Waals surface area contributed by atoms with Gasteiger partial charge in [-0.05, 0) is 55.5 Å². The summed E-state index contributed by atoms with van der Waals surface area (Å²) >= 11 is 0. The van der Waals surface area contributed by atoms with Crippen LogP contribution < -0.4 is 10.5 Å². The highest BCUT2D eigenvalue weighted by atomic mass is 16.5. The van der Waals surface area contributed by atoms with Crippen molar-refractivity contribution < 1.29 is 4.74 Å². The molecular formula is C16H21N3O. The molecule has 0 amide bonds. The third-order valence-electron chi connectivity index (χ3n) is 3.96. The van der Waals surface area contributed by atoms with Crippen LogP contribution in [0.2, 0.25) is 0 Å². The Kier molecular flexibility index (Phi) is 3.49. The number of fused-ring (bicyclic) bond motifs is 1. The molecule has 0 aliphatic heterocycles. The highest BCUT2D eigenvalue weighted by Crippen LogP contribution is 2.31. The molecule has 4 heteroatoms. The van der Waals surface area contributed by atoms with Crippen molar-refractivity contribution in [2.24, 2.45) is 12.8 Å². The minimum Gasteiger partial charge on any atom is -0.487 e. The molecule has 0 bridgehead atoms. The van der Waals surface area contributed by atoms with Gasteiger partial charge in [-0.15, -0.1) is 0 Å². The van der Waals surface area contributed by atoms with E-state index in [0.29, 0.717) is 6.61 Å². The highest BCUT2D eigenvalue weighted by molar-refractivity contribution is 5.39. The van der Waals surface area contributed by atoms with E-state index >= 15 is 0 Å². The lowest BCUT2D eigenvalue weighted by Gasteiger charge is -2.22. The van der Waals surface area contributed by atoms with Gasteiger partial charge in [-0.1, -0.05) is 6.07 Å². The Morgan fingerprint density at radius 1 is 1.40 bits per heavy atom. The lowest BCUT2D eigenvalue weighted by Crippen LogP contribution is -2.17. The zero-order chi connectivity index (χ0) is 14.1. The molecule has 1 aromatic heterocycles. The van der Waals surface area contributed by atoms with Crippen LogP contribution in [0.15, 0.2) is 24.3 Å². The molecule has 1 aliphatic rings. The second-order valence-corrected chi connectivity index (χ2v) is 5.55. The second kappa shape index (κ2) is 5.29. The van der Waals surface area contributed by atoms with E-state index in [2.05, 4.69) is 17.2 Å². The quantitative estimate of drug-likeness (QED) is 0.933. The number of aryl methyl sites for hydroxylation is 3. The molecule has 1 atom stereocenters. The standard InChI is InChI=1S/C16H21N3O/c1-11-8-13(19(2)18-11)10-20-14-7-6-12-4-3-5-16(17)15(12)9-14/h6-9,16H,3-5,10,17H2,1-2H3/t16-/m1/s1. The first-order chi connectivity index (χ1) is 9.63. The molecule has 3 rings (SSSR count). The number of nitrogens with two attached hydrogens (primary N) is 1. The predicted octanol–water partition coefficient (Wildman–Crippen LogP) is 2.64. The van der Waals surface area contributed by atoms with Gasteiger partial charge in [0.15, 0.2) is 0 Å². The summed E-state index contributed by atoms with van der Waals surface area (Å²) < 4.78 is 7.74. The van der Waals surface area contributed by atoms with E-state index in [9.17, 15) is 0 Å². The molecule has 0 saturated carbocycles. The van der Waals surface area contributed by atoms with Gasteiger partial charge in [0.1, 0.15) is 12.4 Å². The maximum absolute atomic E-state index is 6.18. The van der Waals surface area contributed by atoms with Gasteiger partial charge in [0.05, 0.1) is 11.4 Å². The van der Waals surface area contributed by atoms with Crippen molar-refractivity contribution >= 4 is 0 Å². The maximum Gasteiger partial charge on any atom is 0.130 e. The van der Waals surface area contributed by atoms with Gasteiger partial charge < -0.3 is 10.5 Å². The summed E-state index contributed by atoms with van der Waals surface area (Å²) in [6, 6.07) is 8.49. The molecule has 0 fully saturated rings. The lowest BCUT2D eigenvalue weighted by molar-refractivity contribution is 0.294. The molecule has 2 aromatic rings. The van der Waals surface area contributed by atoms with Gasteiger partial charge in [-0.25, -0.2) is 0 Å². The van der Waals surface area contributed by atoms with Gasteiger partial charge in [0, 0.05) is 13.1 Å². The molecule has 1 aromatic carbocycles. The summed E-state index contributed by atoms with van der Waals surface area (Å²) in [4.78, 5) is 0. The Morgan fingerprint density at radius 3 is 3.00 bits per heavy atom. The smallest absolute Gasteiger partial charge is 0.130 e. The van der Waals surface area contributed by atoms with Gasteiger partial charge in [-0.2, -0.15) is 5.10 Å². The second-order valence-electron chi connectivity index (χ2n) is 5.55. The van der Waals surface area contributed by atoms with Crippen LogP contribution in [-0.4, -0.2) is 9.78 Å². The number of hydrogen-bond donors (Lipinski definition) is 1. The van der Waals surface area contributed by atoms with E-state index in [1.807, 2.05) is 30.8 Å². The van der Waals surface area contributed by atoms with Crippen LogP contribution >= 0.6 is 0 Å². The van der Waals surface area contributed by atoms with Gasteiger partial charge in [0.2, 0.25) is 0 Å². The number of nitrogens with zero attached hydrogens (tertiary/aromatic N) is 2. The summed E-state index contributed by atoms with van der Waals surface area (Å²) in [5, 5.41) is 4.32. The number of rotatable bonds is 3. The number of benzene rings is 1. The summed E-state index contributed by atoms with van der Waals surface area (Å²) in [5.74, 6) is 0.889. The van der Waals surface area contributed by atoms with Crippen molar-refractivity contribution in [3.8, 4) is 5.75 Å². The van der Waals surface area contributed by atoms with Crippen molar-refractivity contribution in [2.75, 3.05) is 0 Å². The number of aromatic nitrogens is 2. The third kappa shape index (κ3) is 2.56. The Morgan fingerprint density at radius 2 is 2.25 bits per heavy atom. The van der Waals surface area contributed by atoms with Crippen LogP contribution in [0.1, 0.15) is 41.4 Å². The van der Waals surface area contributed by atoms with E-state index in [1.165, 1.54) is 17.5 Å². The first kappa shape index (κ1) is 13.2. The fraction of sp³-hybridized carbons (Fsp3) is 0.438. The Bertz CT molecular complexity index is 618. The fourth-order valence-corrected chi connectivity index (χ4v) is 2.86. The third-order valence-corrected chi connectivity index (χ3v) is 3.96. The van der Waals surface area contributed by atoms with Crippen molar-refractivity contribution in [1.82, 2.24) is 9.78 Å². The SMILES string of the molecule is Cc1cc(COc2ccc3c(c2)[C@H](N)CCC3)n(C)n1. The minimum atomic E-state index is 0.154. The van der Waals surface area contributed by atoms with Gasteiger partial charge in [-0.3, -0.25) is 4.68 Å². The highest BCUT2D eigenvalue weighted by Gasteiger charge is 2.17. The average Bonchev–Trinajstić information content (AvgIpc) is 2.75. The van der Waals surface area contributed by atoms with Crippen LogP contribution in [0.25, 0.3) is 0 Å². The fourth-order valence-electron chi connectivity index (χ4n) is 2.86. The van der Waals surface area contributed by atoms with E-state index in [0.717, 1.165) is 30.0 Å². The lowest BCUT2D eigenvalue weighted by atomic mass is 9.88. The van der Waals surface area contributed by atoms with Crippen LogP contribution in [0, 0.1) is 6.92 Å². The molecule has 1 aliphatic carbocycles. The molecule has 0 radical (unpaired) electrons. The molecule has 0 saturated heterocycles. The Labute approximate surface area is 119 Å². The van der Waals surface area contributed by atoms with E-state index in [1.54, 1.807) is 0 Å². The van der Waals surface area contributed by atoms with Crippen LogP contribution in [0.3, 0.4) is 0 Å². The molecule has 0 spiro atoms. The average molecular weight is 271 g/mol. The molecule has 1 heterocycles. The summed E-state index contributed by atoms with van der Waals surface area (Å²) in [7, 11) is 1.94. The van der Waals surface area contributed by atoms with Gasteiger partial charge >= 0.3 is 0 Å². The number of hydrogen-bond acceptors (Lipinski definition) is 3. The van der Waals surface area contributed by atoms with Gasteiger partial charge in [0.25, 0.3) is 0 Å². The van der Waals surface area contributed by atoms with E-state index in [4.69, 9.17) is 10.5 Å². The number of ether oxygens (including phenoxy) is 1. The zero-order valence-electron chi connectivity index (χ0n) is 12.1. The summed E-state index contributed by atoms with van der Waals surface area (Å²) in [6.07, 6.45) is 3.38. The van der Waals surface area contributed by atoms with Crippen molar-refractivity contribution in [1.29, 1.82) is 0 Å². The molecule has 4 nitrogen and oxygen atoms in total. The van der Waals surface area contributed by atoms with E-state index < -0.39 is 0 Å². The normalized spacial score (nSPS) is 17.9. The largest absolute Gasteiger partial charge is 0.487 e. The first-order valence-electron chi connectivity index (χ1n) is 7.14. The maximum atomic E-state index is 6.18. The Hall–Kier alpha value is -1.81. The van der Waals surface area contributed by atoms with Crippen molar-refractivity contribution in [2.45, 2.75) is 38.8 Å². The van der Waals surface area contributed by atoms with E-state index in [-0.39, 0.29) is 6.04 Å². The molecule has 106 valence electrons. The van der Waals surface area contributed by atoms with Crippen molar-refractivity contribution in [3.05, 3.63) is 46.8 Å².